The van der Waals surface area contributed by atoms with Gasteiger partial charge in [0, 0.05) is 30.6 Å². The number of ketones is 1. The molecule has 5 heteroatoms. The summed E-state index contributed by atoms with van der Waals surface area (Å²) in [6.07, 6.45) is 8.58. The molecule has 0 amide bonds. The molecule has 0 fully saturated rings. The predicted molar refractivity (Wildman–Crippen MR) is 106 cm³/mol. The second-order valence-electron chi connectivity index (χ2n) is 6.18. The molecule has 4 aromatic rings. The number of rotatable bonds is 5. The van der Waals surface area contributed by atoms with Crippen LogP contribution in [-0.2, 0) is 7.05 Å². The van der Waals surface area contributed by atoms with Gasteiger partial charge in [0.15, 0.2) is 5.78 Å². The first-order valence-corrected chi connectivity index (χ1v) is 8.62. The summed E-state index contributed by atoms with van der Waals surface area (Å²) in [5.74, 6) is -0.0884. The molecule has 0 bridgehead atoms. The summed E-state index contributed by atoms with van der Waals surface area (Å²) in [4.78, 5) is 12.4. The zero-order chi connectivity index (χ0) is 18.6. The van der Waals surface area contributed by atoms with Gasteiger partial charge in [-0.3, -0.25) is 9.48 Å². The van der Waals surface area contributed by atoms with Crippen LogP contribution in [0.1, 0.15) is 15.9 Å². The van der Waals surface area contributed by atoms with E-state index in [-0.39, 0.29) is 5.78 Å². The Bertz CT molecular complexity index is 1090. The molecule has 0 spiro atoms. The molecule has 2 aromatic carbocycles. The number of benzene rings is 2. The topological polar surface area (TPSA) is 52.7 Å². The van der Waals surface area contributed by atoms with Gasteiger partial charge < -0.3 is 0 Å². The van der Waals surface area contributed by atoms with Gasteiger partial charge in [-0.1, -0.05) is 48.5 Å². The molecule has 0 radical (unpaired) electrons. The Balaban J connectivity index is 1.73. The summed E-state index contributed by atoms with van der Waals surface area (Å²) in [6.45, 7) is 0. The molecule has 0 atom stereocenters. The van der Waals surface area contributed by atoms with E-state index in [0.717, 1.165) is 22.5 Å². The maximum atomic E-state index is 12.4. The van der Waals surface area contributed by atoms with E-state index in [1.54, 1.807) is 30.2 Å². The predicted octanol–water partition coefficient (Wildman–Crippen LogP) is 4.17. The molecular weight excluding hydrogens is 336 g/mol. The first-order valence-electron chi connectivity index (χ1n) is 8.62. The summed E-state index contributed by atoms with van der Waals surface area (Å²) < 4.78 is 3.44. The quantitative estimate of drug-likeness (QED) is 0.399. The van der Waals surface area contributed by atoms with E-state index in [1.807, 2.05) is 77.6 Å². The Labute approximate surface area is 157 Å². The molecule has 2 heterocycles. The van der Waals surface area contributed by atoms with Crippen molar-refractivity contribution < 1.29 is 4.79 Å². The van der Waals surface area contributed by atoms with Crippen molar-refractivity contribution in [3.8, 4) is 16.9 Å². The number of aromatic nitrogens is 4. The summed E-state index contributed by atoms with van der Waals surface area (Å²) in [5, 5.41) is 8.79. The highest BCUT2D eigenvalue weighted by atomic mass is 16.1. The molecule has 0 aliphatic carbocycles. The van der Waals surface area contributed by atoms with Crippen LogP contribution >= 0.6 is 0 Å². The summed E-state index contributed by atoms with van der Waals surface area (Å²) in [6, 6.07) is 19.9. The maximum Gasteiger partial charge on any atom is 0.189 e. The monoisotopic (exact) mass is 354 g/mol. The Morgan fingerprint density at radius 1 is 0.963 bits per heavy atom. The number of hydrogen-bond acceptors (Lipinski definition) is 3. The third kappa shape index (κ3) is 3.62. The highest BCUT2D eigenvalue weighted by Crippen LogP contribution is 2.24. The number of para-hydroxylation sites is 1. The summed E-state index contributed by atoms with van der Waals surface area (Å²) in [5.41, 5.74) is 4.23. The van der Waals surface area contributed by atoms with Crippen LogP contribution in [-0.4, -0.2) is 25.3 Å². The van der Waals surface area contributed by atoms with Gasteiger partial charge in [0.2, 0.25) is 0 Å². The third-order valence-corrected chi connectivity index (χ3v) is 4.21. The van der Waals surface area contributed by atoms with Gasteiger partial charge in [-0.05, 0) is 24.3 Å². The Hall–Kier alpha value is -3.73. The van der Waals surface area contributed by atoms with E-state index in [9.17, 15) is 4.79 Å². The molecule has 4 rings (SSSR count). The first-order chi connectivity index (χ1) is 13.2. The molecule has 0 aliphatic heterocycles. The van der Waals surface area contributed by atoms with E-state index >= 15 is 0 Å². The van der Waals surface area contributed by atoms with Crippen molar-refractivity contribution in [1.82, 2.24) is 19.6 Å². The van der Waals surface area contributed by atoms with Crippen LogP contribution in [0.2, 0.25) is 0 Å². The lowest BCUT2D eigenvalue weighted by molar-refractivity contribution is 0.104. The van der Waals surface area contributed by atoms with Crippen molar-refractivity contribution in [3.05, 3.63) is 96.5 Å². The molecule has 27 heavy (non-hydrogen) atoms. The van der Waals surface area contributed by atoms with E-state index in [1.165, 1.54) is 0 Å². The average molecular weight is 354 g/mol. The van der Waals surface area contributed by atoms with Crippen LogP contribution in [0.3, 0.4) is 0 Å². The molecule has 0 saturated carbocycles. The normalized spacial score (nSPS) is 11.1. The number of allylic oxidation sites excluding steroid dienone is 1. The van der Waals surface area contributed by atoms with Crippen LogP contribution in [0, 0.1) is 0 Å². The number of hydrogen-bond donors (Lipinski definition) is 0. The Kier molecular flexibility index (Phi) is 4.49. The van der Waals surface area contributed by atoms with E-state index in [4.69, 9.17) is 5.10 Å². The van der Waals surface area contributed by atoms with Crippen molar-refractivity contribution in [2.45, 2.75) is 0 Å². The second-order valence-corrected chi connectivity index (χ2v) is 6.18. The van der Waals surface area contributed by atoms with Crippen molar-refractivity contribution in [2.75, 3.05) is 0 Å². The SMILES string of the molecule is Cn1cc(C(=O)/C=C/c2cn(-c3ccccc3)nc2-c2ccccc2)cn1. The fourth-order valence-corrected chi connectivity index (χ4v) is 2.85. The number of carbonyl (C=O) groups is 1. The summed E-state index contributed by atoms with van der Waals surface area (Å²) >= 11 is 0. The zero-order valence-electron chi connectivity index (χ0n) is 14.9. The van der Waals surface area contributed by atoms with Gasteiger partial charge in [-0.15, -0.1) is 0 Å². The van der Waals surface area contributed by atoms with Gasteiger partial charge in [-0.2, -0.15) is 10.2 Å². The lowest BCUT2D eigenvalue weighted by atomic mass is 10.1. The fourth-order valence-electron chi connectivity index (χ4n) is 2.85. The third-order valence-electron chi connectivity index (χ3n) is 4.21. The van der Waals surface area contributed by atoms with Crippen molar-refractivity contribution >= 4 is 11.9 Å². The van der Waals surface area contributed by atoms with Crippen LogP contribution in [0.25, 0.3) is 23.0 Å². The molecule has 0 aliphatic rings. The Morgan fingerprint density at radius 3 is 2.33 bits per heavy atom. The molecule has 0 N–H and O–H groups in total. The van der Waals surface area contributed by atoms with Crippen molar-refractivity contribution in [2.24, 2.45) is 7.05 Å². The smallest absolute Gasteiger partial charge is 0.189 e. The second kappa shape index (κ2) is 7.25. The highest BCUT2D eigenvalue weighted by Gasteiger charge is 2.11. The first kappa shape index (κ1) is 16.7. The van der Waals surface area contributed by atoms with Crippen LogP contribution in [0.15, 0.2) is 85.3 Å². The van der Waals surface area contributed by atoms with Crippen molar-refractivity contribution in [3.63, 3.8) is 0 Å². The van der Waals surface area contributed by atoms with Crippen LogP contribution < -0.4 is 0 Å². The van der Waals surface area contributed by atoms with Crippen LogP contribution in [0.5, 0.6) is 0 Å². The van der Waals surface area contributed by atoms with Crippen LogP contribution in [0.4, 0.5) is 0 Å². The van der Waals surface area contributed by atoms with Gasteiger partial charge in [0.25, 0.3) is 0 Å². The minimum Gasteiger partial charge on any atom is -0.289 e. The lowest BCUT2D eigenvalue weighted by Crippen LogP contribution is -1.93. The average Bonchev–Trinajstić information content (AvgIpc) is 3.34. The standard InChI is InChI=1S/C22H18N4O/c1-25-15-19(14-23-25)21(27)13-12-18-16-26(20-10-6-3-7-11-20)24-22(18)17-8-4-2-5-9-17/h2-16H,1H3/b13-12+. The minimum atomic E-state index is -0.0884. The van der Waals surface area contributed by atoms with Gasteiger partial charge in [0.1, 0.15) is 0 Å². The molecule has 132 valence electrons. The molecular formula is C22H18N4O. The fraction of sp³-hybridized carbons (Fsp3) is 0.0455. The molecule has 5 nitrogen and oxygen atoms in total. The summed E-state index contributed by atoms with van der Waals surface area (Å²) in [7, 11) is 1.79. The van der Waals surface area contributed by atoms with Gasteiger partial charge in [0.05, 0.1) is 23.1 Å². The number of nitrogens with zero attached hydrogens (tertiary/aromatic N) is 4. The van der Waals surface area contributed by atoms with Gasteiger partial charge in [-0.25, -0.2) is 4.68 Å². The highest BCUT2D eigenvalue weighted by molar-refractivity contribution is 6.06. The largest absolute Gasteiger partial charge is 0.289 e. The van der Waals surface area contributed by atoms with E-state index < -0.39 is 0 Å². The number of aryl methyl sites for hydroxylation is 1. The number of carbonyl (C=O) groups excluding carboxylic acids is 1. The van der Waals surface area contributed by atoms with Gasteiger partial charge >= 0.3 is 0 Å². The maximum absolute atomic E-state index is 12.4. The Morgan fingerprint density at radius 2 is 1.67 bits per heavy atom. The molecule has 2 aromatic heterocycles. The molecule has 0 saturated heterocycles. The minimum absolute atomic E-state index is 0.0884. The van der Waals surface area contributed by atoms with E-state index in [2.05, 4.69) is 5.10 Å². The molecule has 0 unspecified atom stereocenters. The zero-order valence-corrected chi connectivity index (χ0v) is 14.9. The van der Waals surface area contributed by atoms with Crippen molar-refractivity contribution in [1.29, 1.82) is 0 Å². The lowest BCUT2D eigenvalue weighted by Gasteiger charge is -2.00. The van der Waals surface area contributed by atoms with E-state index in [0.29, 0.717) is 5.56 Å².